The van der Waals surface area contributed by atoms with Crippen molar-refractivity contribution in [1.29, 1.82) is 0 Å². The van der Waals surface area contributed by atoms with Crippen molar-refractivity contribution in [3.63, 3.8) is 0 Å². The van der Waals surface area contributed by atoms with Gasteiger partial charge in [-0.25, -0.2) is 22.7 Å². The van der Waals surface area contributed by atoms with Crippen molar-refractivity contribution in [2.24, 2.45) is 5.41 Å². The highest BCUT2D eigenvalue weighted by Crippen LogP contribution is 2.46. The average Bonchev–Trinajstić information content (AvgIpc) is 3.17. The highest BCUT2D eigenvalue weighted by Gasteiger charge is 2.41. The molecular weight excluding hydrogens is 362 g/mol. The standard InChI is InChI=1S/C19H29N5O2S/c1-3-27(25,26)24-12-9-19(10-13-24)7-4-15(5-8-19)23(2)18-16-6-11-20-17(16)21-14-22-18/h6,11,14-15H,3-5,7-10,12-13H2,1-2H3,(H,20,21,22). The maximum Gasteiger partial charge on any atom is 0.213 e. The zero-order valence-electron chi connectivity index (χ0n) is 16.2. The van der Waals surface area contributed by atoms with Crippen LogP contribution >= 0.6 is 0 Å². The molecule has 0 aromatic carbocycles. The molecule has 0 bridgehead atoms. The van der Waals surface area contributed by atoms with Crippen LogP contribution in [0.1, 0.15) is 45.4 Å². The van der Waals surface area contributed by atoms with Gasteiger partial charge in [0.2, 0.25) is 10.0 Å². The Hall–Kier alpha value is -1.67. The van der Waals surface area contributed by atoms with Crippen molar-refractivity contribution < 1.29 is 8.42 Å². The number of aromatic nitrogens is 3. The van der Waals surface area contributed by atoms with E-state index in [9.17, 15) is 8.42 Å². The van der Waals surface area contributed by atoms with E-state index in [0.29, 0.717) is 24.5 Å². The molecule has 1 saturated heterocycles. The van der Waals surface area contributed by atoms with Crippen molar-refractivity contribution in [3.8, 4) is 0 Å². The molecule has 2 aliphatic rings. The first-order valence-corrected chi connectivity index (χ1v) is 11.5. The SMILES string of the molecule is CCS(=O)(=O)N1CCC2(CCC(N(C)c3ncnc4[nH]ccc34)CC2)CC1. The number of hydrogen-bond acceptors (Lipinski definition) is 5. The van der Waals surface area contributed by atoms with Crippen LogP contribution < -0.4 is 4.90 Å². The van der Waals surface area contributed by atoms with E-state index in [4.69, 9.17) is 0 Å². The fourth-order valence-electron chi connectivity index (χ4n) is 4.84. The van der Waals surface area contributed by atoms with E-state index in [1.54, 1.807) is 17.6 Å². The summed E-state index contributed by atoms with van der Waals surface area (Å²) in [7, 11) is -0.911. The van der Waals surface area contributed by atoms with E-state index in [1.165, 1.54) is 12.8 Å². The molecule has 0 unspecified atom stereocenters. The summed E-state index contributed by atoms with van der Waals surface area (Å²) in [6, 6.07) is 2.51. The van der Waals surface area contributed by atoms with Crippen LogP contribution in [0.4, 0.5) is 5.82 Å². The highest BCUT2D eigenvalue weighted by molar-refractivity contribution is 7.89. The second-order valence-corrected chi connectivity index (χ2v) is 10.3. The largest absolute Gasteiger partial charge is 0.356 e. The van der Waals surface area contributed by atoms with Gasteiger partial charge in [-0.2, -0.15) is 0 Å². The lowest BCUT2D eigenvalue weighted by Gasteiger charge is -2.47. The quantitative estimate of drug-likeness (QED) is 0.867. The number of sulfonamides is 1. The van der Waals surface area contributed by atoms with Crippen LogP contribution in [0.2, 0.25) is 0 Å². The predicted octanol–water partition coefficient (Wildman–Crippen LogP) is 2.77. The Morgan fingerprint density at radius 3 is 2.59 bits per heavy atom. The van der Waals surface area contributed by atoms with Gasteiger partial charge in [0.05, 0.1) is 11.1 Å². The highest BCUT2D eigenvalue weighted by atomic mass is 32.2. The van der Waals surface area contributed by atoms with E-state index in [1.807, 2.05) is 12.3 Å². The Bertz CT molecular complexity index is 892. The molecule has 27 heavy (non-hydrogen) atoms. The van der Waals surface area contributed by atoms with Gasteiger partial charge in [-0.15, -0.1) is 0 Å². The zero-order chi connectivity index (χ0) is 19.1. The third-order valence-electron chi connectivity index (χ3n) is 6.77. The van der Waals surface area contributed by atoms with Crippen molar-refractivity contribution in [1.82, 2.24) is 19.3 Å². The number of hydrogen-bond donors (Lipinski definition) is 1. The molecule has 1 N–H and O–H groups in total. The summed E-state index contributed by atoms with van der Waals surface area (Å²) >= 11 is 0. The van der Waals surface area contributed by atoms with Gasteiger partial charge < -0.3 is 9.88 Å². The summed E-state index contributed by atoms with van der Waals surface area (Å²) in [5.41, 5.74) is 1.20. The number of nitrogens with one attached hydrogen (secondary N) is 1. The van der Waals surface area contributed by atoms with Crippen LogP contribution in [0.25, 0.3) is 11.0 Å². The molecule has 0 radical (unpaired) electrons. The molecule has 0 amide bonds. The lowest BCUT2D eigenvalue weighted by molar-refractivity contribution is 0.0944. The third-order valence-corrected chi connectivity index (χ3v) is 8.65. The Balaban J connectivity index is 1.40. The smallest absolute Gasteiger partial charge is 0.213 e. The van der Waals surface area contributed by atoms with E-state index in [-0.39, 0.29) is 5.75 Å². The van der Waals surface area contributed by atoms with Gasteiger partial charge in [-0.1, -0.05) is 0 Å². The van der Waals surface area contributed by atoms with Gasteiger partial charge in [0.1, 0.15) is 17.8 Å². The third kappa shape index (κ3) is 3.45. The molecule has 0 atom stereocenters. The summed E-state index contributed by atoms with van der Waals surface area (Å²) in [6.07, 6.45) is 10.1. The first kappa shape index (κ1) is 18.7. The molecule has 4 rings (SSSR count). The Labute approximate surface area is 161 Å². The normalized spacial score (nSPS) is 21.7. The molecule has 1 saturated carbocycles. The van der Waals surface area contributed by atoms with Gasteiger partial charge in [0, 0.05) is 32.4 Å². The minimum absolute atomic E-state index is 0.208. The predicted molar refractivity (Wildman–Crippen MR) is 107 cm³/mol. The molecule has 3 heterocycles. The van der Waals surface area contributed by atoms with Crippen molar-refractivity contribution in [3.05, 3.63) is 18.6 Å². The minimum Gasteiger partial charge on any atom is -0.356 e. The zero-order valence-corrected chi connectivity index (χ0v) is 17.0. The molecule has 7 nitrogen and oxygen atoms in total. The van der Waals surface area contributed by atoms with E-state index < -0.39 is 10.0 Å². The first-order valence-electron chi connectivity index (χ1n) is 9.93. The lowest BCUT2D eigenvalue weighted by atomic mass is 9.67. The van der Waals surface area contributed by atoms with Crippen LogP contribution in [-0.4, -0.2) is 59.6 Å². The maximum atomic E-state index is 12.1. The van der Waals surface area contributed by atoms with Gasteiger partial charge in [-0.3, -0.25) is 0 Å². The van der Waals surface area contributed by atoms with Crippen molar-refractivity contribution in [2.75, 3.05) is 30.8 Å². The maximum absolute atomic E-state index is 12.1. The Morgan fingerprint density at radius 2 is 1.93 bits per heavy atom. The first-order chi connectivity index (χ1) is 12.9. The summed E-state index contributed by atoms with van der Waals surface area (Å²) in [5, 5.41) is 1.07. The van der Waals surface area contributed by atoms with Gasteiger partial charge in [0.15, 0.2) is 0 Å². The van der Waals surface area contributed by atoms with Crippen LogP contribution in [-0.2, 0) is 10.0 Å². The second kappa shape index (κ2) is 7.05. The summed E-state index contributed by atoms with van der Waals surface area (Å²) in [6.45, 7) is 3.11. The molecular formula is C19H29N5O2S. The molecule has 1 aliphatic carbocycles. The number of rotatable bonds is 4. The number of anilines is 1. The van der Waals surface area contributed by atoms with E-state index >= 15 is 0 Å². The number of fused-ring (bicyclic) bond motifs is 1. The number of nitrogens with zero attached hydrogens (tertiary/aromatic N) is 4. The van der Waals surface area contributed by atoms with E-state index in [2.05, 4.69) is 26.9 Å². The summed E-state index contributed by atoms with van der Waals surface area (Å²) < 4.78 is 25.9. The van der Waals surface area contributed by atoms with Crippen LogP contribution in [0.5, 0.6) is 0 Å². The molecule has 148 valence electrons. The Morgan fingerprint density at radius 1 is 1.22 bits per heavy atom. The number of H-pyrrole nitrogens is 1. The molecule has 2 fully saturated rings. The minimum atomic E-state index is -3.04. The molecule has 2 aromatic rings. The van der Waals surface area contributed by atoms with Gasteiger partial charge in [-0.05, 0) is 56.9 Å². The molecule has 2 aromatic heterocycles. The summed E-state index contributed by atoms with van der Waals surface area (Å²) in [5.74, 6) is 1.20. The lowest BCUT2D eigenvalue weighted by Crippen LogP contribution is -2.47. The number of piperidine rings is 1. The van der Waals surface area contributed by atoms with E-state index in [0.717, 1.165) is 42.5 Å². The monoisotopic (exact) mass is 391 g/mol. The molecule has 1 aliphatic heterocycles. The van der Waals surface area contributed by atoms with Gasteiger partial charge in [0.25, 0.3) is 0 Å². The van der Waals surface area contributed by atoms with Gasteiger partial charge >= 0.3 is 0 Å². The summed E-state index contributed by atoms with van der Waals surface area (Å²) in [4.78, 5) is 14.3. The average molecular weight is 392 g/mol. The molecule has 8 heteroatoms. The fraction of sp³-hybridized carbons (Fsp3) is 0.684. The number of aromatic amines is 1. The molecule has 1 spiro atoms. The second-order valence-electron chi connectivity index (χ2n) is 8.08. The van der Waals surface area contributed by atoms with Crippen LogP contribution in [0.3, 0.4) is 0 Å². The Kier molecular flexibility index (Phi) is 4.88. The van der Waals surface area contributed by atoms with Crippen LogP contribution in [0.15, 0.2) is 18.6 Å². The van der Waals surface area contributed by atoms with Crippen LogP contribution in [0, 0.1) is 5.41 Å². The van der Waals surface area contributed by atoms with Crippen molar-refractivity contribution >= 4 is 26.9 Å². The topological polar surface area (TPSA) is 82.2 Å². The fourth-order valence-corrected chi connectivity index (χ4v) is 5.94. The van der Waals surface area contributed by atoms with Crippen molar-refractivity contribution in [2.45, 2.75) is 51.5 Å².